The number of ether oxygens (including phenoxy) is 1. The summed E-state index contributed by atoms with van der Waals surface area (Å²) in [6.45, 7) is 0.218. The lowest BCUT2D eigenvalue weighted by molar-refractivity contribution is -0.137. The summed E-state index contributed by atoms with van der Waals surface area (Å²) in [7, 11) is 1.32. The molecule has 0 saturated heterocycles. The van der Waals surface area contributed by atoms with Gasteiger partial charge in [0.2, 0.25) is 5.43 Å². The van der Waals surface area contributed by atoms with Gasteiger partial charge in [-0.3, -0.25) is 9.59 Å². The molecular formula is C18H18F5N3O3. The zero-order valence-corrected chi connectivity index (χ0v) is 15.5. The largest absolute Gasteiger partial charge is 0.416 e. The summed E-state index contributed by atoms with van der Waals surface area (Å²) in [5.41, 5.74) is -2.31. The Balaban J connectivity index is 2.51. The first-order valence-electron chi connectivity index (χ1n) is 8.39. The molecule has 6 nitrogen and oxygen atoms in total. The van der Waals surface area contributed by atoms with Crippen molar-refractivity contribution in [2.24, 2.45) is 0 Å². The molecule has 11 heteroatoms. The maximum atomic E-state index is 13.0. The molecule has 0 atom stereocenters. The van der Waals surface area contributed by atoms with Crippen LogP contribution in [0.15, 0.2) is 35.1 Å². The third kappa shape index (κ3) is 5.59. The van der Waals surface area contributed by atoms with Crippen LogP contribution in [0.1, 0.15) is 21.7 Å². The lowest BCUT2D eigenvalue weighted by atomic mass is 10.2. The summed E-state index contributed by atoms with van der Waals surface area (Å²) in [6, 6.07) is 5.15. The minimum atomic E-state index is -4.60. The molecule has 1 heterocycles. The second-order valence-electron chi connectivity index (χ2n) is 6.09. The molecule has 0 N–H and O–H groups in total. The molecule has 0 saturated carbocycles. The van der Waals surface area contributed by atoms with Crippen LogP contribution < -0.4 is 5.43 Å². The Kier molecular flexibility index (Phi) is 7.07. The maximum Gasteiger partial charge on any atom is 0.416 e. The minimum absolute atomic E-state index is 0.0383. The predicted molar refractivity (Wildman–Crippen MR) is 93.4 cm³/mol. The molecule has 2 rings (SSSR count). The highest BCUT2D eigenvalue weighted by atomic mass is 19.4. The molecule has 0 spiro atoms. The third-order valence-electron chi connectivity index (χ3n) is 3.94. The molecule has 29 heavy (non-hydrogen) atoms. The third-order valence-corrected chi connectivity index (χ3v) is 3.94. The number of aryl methyl sites for hydroxylation is 1. The Labute approximate surface area is 162 Å². The lowest BCUT2D eigenvalue weighted by Gasteiger charge is -2.22. The Morgan fingerprint density at radius 2 is 1.97 bits per heavy atom. The number of benzene rings is 1. The normalized spacial score (nSPS) is 11.7. The highest BCUT2D eigenvalue weighted by molar-refractivity contribution is 5.92. The van der Waals surface area contributed by atoms with Crippen molar-refractivity contribution in [2.75, 3.05) is 26.8 Å². The fourth-order valence-electron chi connectivity index (χ4n) is 2.56. The topological polar surface area (TPSA) is 64.4 Å². The number of hydrogen-bond donors (Lipinski definition) is 0. The van der Waals surface area contributed by atoms with E-state index in [0.717, 1.165) is 28.9 Å². The van der Waals surface area contributed by atoms with Gasteiger partial charge in [-0.25, -0.2) is 13.5 Å². The zero-order chi connectivity index (χ0) is 21.8. The van der Waals surface area contributed by atoms with Crippen LogP contribution in [0.4, 0.5) is 22.0 Å². The van der Waals surface area contributed by atoms with E-state index in [9.17, 15) is 31.5 Å². The Morgan fingerprint density at radius 3 is 2.55 bits per heavy atom. The Hall–Kier alpha value is -2.82. The fourth-order valence-corrected chi connectivity index (χ4v) is 2.56. The average Bonchev–Trinajstić information content (AvgIpc) is 2.64. The number of amides is 1. The Bertz CT molecular complexity index is 928. The molecule has 0 bridgehead atoms. The summed E-state index contributed by atoms with van der Waals surface area (Å²) in [4.78, 5) is 25.6. The number of carbonyl (C=O) groups excluding carboxylic acids is 1. The van der Waals surface area contributed by atoms with Crippen molar-refractivity contribution in [3.63, 3.8) is 0 Å². The van der Waals surface area contributed by atoms with Crippen molar-refractivity contribution in [2.45, 2.75) is 19.5 Å². The van der Waals surface area contributed by atoms with Crippen molar-refractivity contribution in [1.29, 1.82) is 0 Å². The van der Waals surface area contributed by atoms with Crippen LogP contribution in [0.3, 0.4) is 0 Å². The SMILES string of the molecule is COCCN(CC(F)F)C(=O)c1nn(-c2cccc(C(F)(F)F)c2)c(C)cc1=O. The van der Waals surface area contributed by atoms with Gasteiger partial charge < -0.3 is 9.64 Å². The van der Waals surface area contributed by atoms with Crippen molar-refractivity contribution < 1.29 is 31.5 Å². The smallest absolute Gasteiger partial charge is 0.383 e. The number of alkyl halides is 5. The van der Waals surface area contributed by atoms with Crippen LogP contribution in [0, 0.1) is 6.92 Å². The fraction of sp³-hybridized carbons (Fsp3) is 0.389. The molecule has 1 aromatic carbocycles. The molecule has 158 valence electrons. The molecule has 0 fully saturated rings. The van der Waals surface area contributed by atoms with Gasteiger partial charge in [0.15, 0.2) is 5.69 Å². The minimum Gasteiger partial charge on any atom is -0.383 e. The molecule has 1 amide bonds. The van der Waals surface area contributed by atoms with Gasteiger partial charge in [0.05, 0.1) is 24.4 Å². The quantitative estimate of drug-likeness (QED) is 0.648. The number of rotatable bonds is 7. The van der Waals surface area contributed by atoms with E-state index in [4.69, 9.17) is 4.74 Å². The number of carbonyl (C=O) groups is 1. The van der Waals surface area contributed by atoms with Crippen LogP contribution in [-0.4, -0.2) is 53.8 Å². The van der Waals surface area contributed by atoms with E-state index in [2.05, 4.69) is 5.10 Å². The molecule has 0 unspecified atom stereocenters. The van der Waals surface area contributed by atoms with E-state index in [1.807, 2.05) is 0 Å². The van der Waals surface area contributed by atoms with Crippen LogP contribution in [0.2, 0.25) is 0 Å². The first kappa shape index (κ1) is 22.5. The standard InChI is InChI=1S/C18H18F5N3O3/c1-11-8-14(27)16(17(28)25(6-7-29-2)10-15(19)20)24-26(11)13-5-3-4-12(9-13)18(21,22)23/h3-5,8-9,15H,6-7,10H2,1-2H3. The van der Waals surface area contributed by atoms with E-state index in [-0.39, 0.29) is 24.5 Å². The lowest BCUT2D eigenvalue weighted by Crippen LogP contribution is -2.40. The summed E-state index contributed by atoms with van der Waals surface area (Å²) in [6.07, 6.45) is -7.46. The summed E-state index contributed by atoms with van der Waals surface area (Å²) < 4.78 is 70.3. The van der Waals surface area contributed by atoms with E-state index in [1.54, 1.807) is 0 Å². The van der Waals surface area contributed by atoms with E-state index in [0.29, 0.717) is 4.90 Å². The molecule has 1 aromatic heterocycles. The molecular weight excluding hydrogens is 401 g/mol. The molecule has 0 aliphatic heterocycles. The highest BCUT2D eigenvalue weighted by Crippen LogP contribution is 2.30. The van der Waals surface area contributed by atoms with Crippen LogP contribution in [0.25, 0.3) is 5.69 Å². The molecule has 0 aliphatic carbocycles. The second kappa shape index (κ2) is 9.12. The summed E-state index contributed by atoms with van der Waals surface area (Å²) in [5.74, 6) is -1.06. The molecule has 0 aliphatic rings. The number of aromatic nitrogens is 2. The number of halogens is 5. The zero-order valence-electron chi connectivity index (χ0n) is 15.5. The first-order valence-corrected chi connectivity index (χ1v) is 8.39. The van der Waals surface area contributed by atoms with Gasteiger partial charge in [0.25, 0.3) is 12.3 Å². The average molecular weight is 419 g/mol. The maximum absolute atomic E-state index is 13.0. The van der Waals surface area contributed by atoms with Gasteiger partial charge in [-0.15, -0.1) is 0 Å². The van der Waals surface area contributed by atoms with Gasteiger partial charge >= 0.3 is 6.18 Å². The second-order valence-corrected chi connectivity index (χ2v) is 6.09. The monoisotopic (exact) mass is 419 g/mol. The highest BCUT2D eigenvalue weighted by Gasteiger charge is 2.31. The number of nitrogens with zero attached hydrogens (tertiary/aromatic N) is 3. The molecule has 2 aromatic rings. The van der Waals surface area contributed by atoms with Crippen LogP contribution >= 0.6 is 0 Å². The van der Waals surface area contributed by atoms with Gasteiger partial charge in [0.1, 0.15) is 0 Å². The van der Waals surface area contributed by atoms with Crippen molar-refractivity contribution >= 4 is 5.91 Å². The van der Waals surface area contributed by atoms with E-state index < -0.39 is 41.7 Å². The summed E-state index contributed by atoms with van der Waals surface area (Å²) >= 11 is 0. The van der Waals surface area contributed by atoms with Gasteiger partial charge in [-0.05, 0) is 25.1 Å². The number of hydrogen-bond acceptors (Lipinski definition) is 4. The predicted octanol–water partition coefficient (Wildman–Crippen LogP) is 2.91. The van der Waals surface area contributed by atoms with Crippen molar-refractivity contribution in [1.82, 2.24) is 14.7 Å². The first-order chi connectivity index (χ1) is 13.5. The number of methoxy groups -OCH3 is 1. The molecule has 0 radical (unpaired) electrons. The van der Waals surface area contributed by atoms with Crippen LogP contribution in [-0.2, 0) is 10.9 Å². The van der Waals surface area contributed by atoms with E-state index >= 15 is 0 Å². The van der Waals surface area contributed by atoms with Gasteiger partial charge in [-0.1, -0.05) is 6.07 Å². The van der Waals surface area contributed by atoms with Crippen molar-refractivity contribution in [3.8, 4) is 5.69 Å². The van der Waals surface area contributed by atoms with Crippen molar-refractivity contribution in [3.05, 3.63) is 57.5 Å². The van der Waals surface area contributed by atoms with Gasteiger partial charge in [-0.2, -0.15) is 18.3 Å². The van der Waals surface area contributed by atoms with Gasteiger partial charge in [0, 0.05) is 25.4 Å². The summed E-state index contributed by atoms with van der Waals surface area (Å²) in [5, 5.41) is 3.86. The van der Waals surface area contributed by atoms with E-state index in [1.165, 1.54) is 20.1 Å². The Morgan fingerprint density at radius 1 is 1.28 bits per heavy atom. The van der Waals surface area contributed by atoms with Crippen LogP contribution in [0.5, 0.6) is 0 Å².